The first kappa shape index (κ1) is 16.3. The number of carboxylic acids is 1. The van der Waals surface area contributed by atoms with Crippen molar-refractivity contribution in [1.29, 1.82) is 0 Å². The van der Waals surface area contributed by atoms with Gasteiger partial charge in [-0.2, -0.15) is 0 Å². The zero-order valence-electron chi connectivity index (χ0n) is 12.9. The Balaban J connectivity index is 2.02. The Kier molecular flexibility index (Phi) is 5.38. The van der Waals surface area contributed by atoms with Crippen molar-refractivity contribution in [2.24, 2.45) is 5.92 Å². The van der Waals surface area contributed by atoms with Crippen LogP contribution in [0.3, 0.4) is 0 Å². The number of nitrogens with zero attached hydrogens (tertiary/aromatic N) is 1. The maximum atomic E-state index is 12.1. The average Bonchev–Trinajstić information content (AvgIpc) is 2.52. The Hall–Kier alpha value is -2.08. The van der Waals surface area contributed by atoms with Crippen molar-refractivity contribution in [3.8, 4) is 0 Å². The van der Waals surface area contributed by atoms with E-state index in [1.807, 2.05) is 12.1 Å². The summed E-state index contributed by atoms with van der Waals surface area (Å²) in [7, 11) is 0. The van der Waals surface area contributed by atoms with Gasteiger partial charge in [-0.05, 0) is 30.2 Å². The smallest absolute Gasteiger partial charge is 0.326 e. The predicted octanol–water partition coefficient (Wildman–Crippen LogP) is 1.36. The van der Waals surface area contributed by atoms with E-state index in [0.717, 1.165) is 18.8 Å². The third kappa shape index (κ3) is 3.98. The van der Waals surface area contributed by atoms with Gasteiger partial charge in [-0.1, -0.05) is 13.8 Å². The summed E-state index contributed by atoms with van der Waals surface area (Å²) in [5, 5.41) is 11.7. The first-order valence-corrected chi connectivity index (χ1v) is 7.45. The lowest BCUT2D eigenvalue weighted by Gasteiger charge is -2.28. The number of carbonyl (C=O) groups excluding carboxylic acids is 1. The summed E-state index contributed by atoms with van der Waals surface area (Å²) in [4.78, 5) is 25.5. The van der Waals surface area contributed by atoms with Crippen LogP contribution in [0.25, 0.3) is 0 Å². The van der Waals surface area contributed by atoms with Crippen molar-refractivity contribution in [2.75, 3.05) is 31.2 Å². The third-order valence-corrected chi connectivity index (χ3v) is 3.73. The van der Waals surface area contributed by atoms with E-state index >= 15 is 0 Å². The standard InChI is InChI=1S/C16H22N2O4/c1-11(2)14(16(20)21)17-15(19)12-3-5-13(6-4-12)18-7-9-22-10-8-18/h3-6,11,14H,7-10H2,1-2H3,(H,17,19)(H,20,21)/t14-/m1/s1. The molecule has 2 rings (SSSR count). The van der Waals surface area contributed by atoms with Crippen molar-refractivity contribution in [3.05, 3.63) is 29.8 Å². The predicted molar refractivity (Wildman–Crippen MR) is 83.2 cm³/mol. The number of hydrogen-bond donors (Lipinski definition) is 2. The number of ether oxygens (including phenoxy) is 1. The largest absolute Gasteiger partial charge is 0.480 e. The lowest BCUT2D eigenvalue weighted by Crippen LogP contribution is -2.44. The van der Waals surface area contributed by atoms with Gasteiger partial charge in [-0.25, -0.2) is 4.79 Å². The zero-order valence-corrected chi connectivity index (χ0v) is 12.9. The van der Waals surface area contributed by atoms with E-state index in [1.165, 1.54) is 0 Å². The van der Waals surface area contributed by atoms with Crippen LogP contribution in [0.15, 0.2) is 24.3 Å². The summed E-state index contributed by atoms with van der Waals surface area (Å²) in [6.45, 7) is 6.61. The summed E-state index contributed by atoms with van der Waals surface area (Å²) in [5.74, 6) is -1.56. The highest BCUT2D eigenvalue weighted by Gasteiger charge is 2.24. The minimum Gasteiger partial charge on any atom is -0.480 e. The normalized spacial score (nSPS) is 16.4. The van der Waals surface area contributed by atoms with Crippen molar-refractivity contribution in [2.45, 2.75) is 19.9 Å². The minimum atomic E-state index is -1.02. The Morgan fingerprint density at radius 1 is 1.18 bits per heavy atom. The highest BCUT2D eigenvalue weighted by molar-refractivity contribution is 5.96. The van der Waals surface area contributed by atoms with Crippen LogP contribution in [0.5, 0.6) is 0 Å². The zero-order chi connectivity index (χ0) is 16.1. The molecule has 1 aromatic carbocycles. The number of nitrogens with one attached hydrogen (secondary N) is 1. The van der Waals surface area contributed by atoms with Crippen LogP contribution in [0.1, 0.15) is 24.2 Å². The maximum absolute atomic E-state index is 12.1. The first-order valence-electron chi connectivity index (χ1n) is 7.45. The molecule has 0 aromatic heterocycles. The number of carboxylic acid groups (broad SMARTS) is 1. The molecule has 1 atom stereocenters. The number of anilines is 1. The van der Waals surface area contributed by atoms with Gasteiger partial charge in [0.2, 0.25) is 0 Å². The molecule has 1 heterocycles. The van der Waals surface area contributed by atoms with Crippen LogP contribution in [-0.2, 0) is 9.53 Å². The van der Waals surface area contributed by atoms with E-state index in [-0.39, 0.29) is 11.8 Å². The molecule has 1 saturated heterocycles. The molecule has 1 aromatic rings. The summed E-state index contributed by atoms with van der Waals surface area (Å²) in [6, 6.07) is 6.32. The van der Waals surface area contributed by atoms with Crippen molar-refractivity contribution >= 4 is 17.6 Å². The number of amides is 1. The van der Waals surface area contributed by atoms with Gasteiger partial charge in [-0.15, -0.1) is 0 Å². The van der Waals surface area contributed by atoms with E-state index in [0.29, 0.717) is 18.8 Å². The van der Waals surface area contributed by atoms with Crippen LogP contribution in [0, 0.1) is 5.92 Å². The molecular formula is C16H22N2O4. The number of benzene rings is 1. The van der Waals surface area contributed by atoms with Gasteiger partial charge in [-0.3, -0.25) is 4.79 Å². The maximum Gasteiger partial charge on any atom is 0.326 e. The second-order valence-corrected chi connectivity index (χ2v) is 5.68. The van der Waals surface area contributed by atoms with E-state index in [2.05, 4.69) is 10.2 Å². The molecule has 120 valence electrons. The molecule has 22 heavy (non-hydrogen) atoms. The van der Waals surface area contributed by atoms with Crippen molar-refractivity contribution in [3.63, 3.8) is 0 Å². The first-order chi connectivity index (χ1) is 10.5. The van der Waals surface area contributed by atoms with E-state index < -0.39 is 12.0 Å². The van der Waals surface area contributed by atoms with Crippen molar-refractivity contribution in [1.82, 2.24) is 5.32 Å². The molecule has 1 amide bonds. The fourth-order valence-corrected chi connectivity index (χ4v) is 2.38. The van der Waals surface area contributed by atoms with Gasteiger partial charge >= 0.3 is 5.97 Å². The van der Waals surface area contributed by atoms with Crippen LogP contribution in [0.2, 0.25) is 0 Å². The molecule has 0 unspecified atom stereocenters. The fourth-order valence-electron chi connectivity index (χ4n) is 2.38. The SMILES string of the molecule is CC(C)[C@@H](NC(=O)c1ccc(N2CCOCC2)cc1)C(=O)O. The molecule has 6 heteroatoms. The summed E-state index contributed by atoms with van der Waals surface area (Å²) < 4.78 is 5.31. The highest BCUT2D eigenvalue weighted by atomic mass is 16.5. The molecule has 1 aliphatic heterocycles. The molecule has 0 radical (unpaired) electrons. The van der Waals surface area contributed by atoms with Gasteiger partial charge in [0.1, 0.15) is 6.04 Å². The van der Waals surface area contributed by atoms with Crippen LogP contribution in [0.4, 0.5) is 5.69 Å². The lowest BCUT2D eigenvalue weighted by atomic mass is 10.0. The molecule has 1 fully saturated rings. The van der Waals surface area contributed by atoms with E-state index in [1.54, 1.807) is 26.0 Å². The number of hydrogen-bond acceptors (Lipinski definition) is 4. The lowest BCUT2D eigenvalue weighted by molar-refractivity contribution is -0.140. The second-order valence-electron chi connectivity index (χ2n) is 5.68. The molecule has 0 saturated carbocycles. The second kappa shape index (κ2) is 7.26. The monoisotopic (exact) mass is 306 g/mol. The summed E-state index contributed by atoms with van der Waals surface area (Å²) >= 11 is 0. The van der Waals surface area contributed by atoms with Crippen LogP contribution in [-0.4, -0.2) is 49.3 Å². The van der Waals surface area contributed by atoms with Gasteiger partial charge in [0.25, 0.3) is 5.91 Å². The van der Waals surface area contributed by atoms with Gasteiger partial charge in [0.15, 0.2) is 0 Å². The van der Waals surface area contributed by atoms with Crippen LogP contribution < -0.4 is 10.2 Å². The topological polar surface area (TPSA) is 78.9 Å². The minimum absolute atomic E-state index is 0.172. The van der Waals surface area contributed by atoms with Crippen LogP contribution >= 0.6 is 0 Å². The Morgan fingerprint density at radius 2 is 1.77 bits per heavy atom. The van der Waals surface area contributed by atoms with Gasteiger partial charge in [0.05, 0.1) is 13.2 Å². The number of carbonyl (C=O) groups is 2. The number of morpholine rings is 1. The van der Waals surface area contributed by atoms with E-state index in [9.17, 15) is 9.59 Å². The molecule has 0 spiro atoms. The fraction of sp³-hybridized carbons (Fsp3) is 0.500. The quantitative estimate of drug-likeness (QED) is 0.859. The van der Waals surface area contributed by atoms with E-state index in [4.69, 9.17) is 9.84 Å². The number of rotatable bonds is 5. The summed E-state index contributed by atoms with van der Waals surface area (Å²) in [6.07, 6.45) is 0. The average molecular weight is 306 g/mol. The third-order valence-electron chi connectivity index (χ3n) is 3.73. The van der Waals surface area contributed by atoms with Gasteiger partial charge < -0.3 is 20.1 Å². The molecule has 6 nitrogen and oxygen atoms in total. The van der Waals surface area contributed by atoms with Crippen molar-refractivity contribution < 1.29 is 19.4 Å². The Labute approximate surface area is 130 Å². The molecule has 2 N–H and O–H groups in total. The summed E-state index contributed by atoms with van der Waals surface area (Å²) in [5.41, 5.74) is 1.50. The molecule has 0 aliphatic carbocycles. The highest BCUT2D eigenvalue weighted by Crippen LogP contribution is 2.17. The molecule has 1 aliphatic rings. The Bertz CT molecular complexity index is 521. The molecular weight excluding hydrogens is 284 g/mol. The van der Waals surface area contributed by atoms with Gasteiger partial charge in [0, 0.05) is 24.3 Å². The Morgan fingerprint density at radius 3 is 2.27 bits per heavy atom. The molecule has 0 bridgehead atoms. The number of aliphatic carboxylic acids is 1.